The van der Waals surface area contributed by atoms with E-state index >= 15 is 0 Å². The smallest absolute Gasteiger partial charge is 0.351 e. The molecule has 2 rings (SSSR count). The molecule has 0 bridgehead atoms. The molecule has 0 aliphatic heterocycles. The topological polar surface area (TPSA) is 75.3 Å². The summed E-state index contributed by atoms with van der Waals surface area (Å²) < 4.78 is 65.8. The standard InChI is InChI=1S/C21H25F3N2O3S/c1-5-26-30(28,29)17-10-9-14(2)18(12-17)19(27)25-13-20(3,4)15-7-6-8-16(11-15)21(22,23)24/h6-12,26H,5,13H2,1-4H3,(H,25,27). The number of alkyl halides is 3. The van der Waals surface area contributed by atoms with Crippen molar-refractivity contribution >= 4 is 15.9 Å². The molecule has 0 radical (unpaired) electrons. The normalized spacial score (nSPS) is 12.6. The summed E-state index contributed by atoms with van der Waals surface area (Å²) in [5.74, 6) is -0.499. The number of sulfonamides is 1. The largest absolute Gasteiger partial charge is 0.416 e. The van der Waals surface area contributed by atoms with Crippen molar-refractivity contribution in [3.8, 4) is 0 Å². The third kappa shape index (κ3) is 5.60. The Morgan fingerprint density at radius 2 is 1.67 bits per heavy atom. The Morgan fingerprint density at radius 3 is 2.27 bits per heavy atom. The first-order chi connectivity index (χ1) is 13.8. The van der Waals surface area contributed by atoms with Crippen molar-refractivity contribution in [2.45, 2.75) is 44.2 Å². The number of amides is 1. The molecule has 0 fully saturated rings. The van der Waals surface area contributed by atoms with Crippen molar-refractivity contribution in [2.24, 2.45) is 0 Å². The van der Waals surface area contributed by atoms with Gasteiger partial charge in [0.1, 0.15) is 0 Å². The van der Waals surface area contributed by atoms with Gasteiger partial charge in [0.05, 0.1) is 10.5 Å². The summed E-state index contributed by atoms with van der Waals surface area (Å²) in [5, 5.41) is 2.71. The summed E-state index contributed by atoms with van der Waals surface area (Å²) in [6, 6.07) is 9.23. The van der Waals surface area contributed by atoms with Crippen LogP contribution >= 0.6 is 0 Å². The van der Waals surface area contributed by atoms with E-state index < -0.39 is 33.1 Å². The van der Waals surface area contributed by atoms with E-state index in [9.17, 15) is 26.4 Å². The Kier molecular flexibility index (Phi) is 6.98. The lowest BCUT2D eigenvalue weighted by molar-refractivity contribution is -0.137. The zero-order valence-electron chi connectivity index (χ0n) is 17.2. The summed E-state index contributed by atoms with van der Waals surface area (Å²) in [4.78, 5) is 12.7. The zero-order chi connectivity index (χ0) is 22.7. The number of carbonyl (C=O) groups excluding carboxylic acids is 1. The van der Waals surface area contributed by atoms with E-state index in [0.717, 1.165) is 12.1 Å². The van der Waals surface area contributed by atoms with Crippen molar-refractivity contribution < 1.29 is 26.4 Å². The number of benzene rings is 2. The first kappa shape index (κ1) is 23.9. The Bertz CT molecular complexity index is 1030. The number of rotatable bonds is 7. The van der Waals surface area contributed by atoms with Crippen molar-refractivity contribution in [3.63, 3.8) is 0 Å². The Morgan fingerprint density at radius 1 is 1.03 bits per heavy atom. The van der Waals surface area contributed by atoms with E-state index in [1.807, 2.05) is 0 Å². The molecule has 0 saturated carbocycles. The molecule has 1 amide bonds. The van der Waals surface area contributed by atoms with Crippen LogP contribution in [-0.4, -0.2) is 27.4 Å². The highest BCUT2D eigenvalue weighted by molar-refractivity contribution is 7.89. The minimum absolute atomic E-state index is 0.0303. The lowest BCUT2D eigenvalue weighted by Gasteiger charge is -2.26. The van der Waals surface area contributed by atoms with Crippen LogP contribution in [0.1, 0.15) is 47.8 Å². The number of halogens is 3. The second kappa shape index (κ2) is 8.77. The van der Waals surface area contributed by atoms with E-state index in [-0.39, 0.29) is 23.5 Å². The van der Waals surface area contributed by atoms with Gasteiger partial charge in [0.25, 0.3) is 5.91 Å². The number of carbonyl (C=O) groups is 1. The fourth-order valence-electron chi connectivity index (χ4n) is 2.90. The molecule has 0 atom stereocenters. The van der Waals surface area contributed by atoms with Gasteiger partial charge in [-0.2, -0.15) is 13.2 Å². The second-order valence-electron chi connectivity index (χ2n) is 7.62. The molecule has 0 heterocycles. The Balaban J connectivity index is 2.23. The summed E-state index contributed by atoms with van der Waals surface area (Å²) >= 11 is 0. The van der Waals surface area contributed by atoms with Crippen LogP contribution in [0, 0.1) is 6.92 Å². The van der Waals surface area contributed by atoms with E-state index in [0.29, 0.717) is 11.1 Å². The molecule has 30 heavy (non-hydrogen) atoms. The molecule has 0 spiro atoms. The molecular weight excluding hydrogens is 417 g/mol. The molecule has 5 nitrogen and oxygen atoms in total. The number of aryl methyl sites for hydroxylation is 1. The molecule has 2 N–H and O–H groups in total. The van der Waals surface area contributed by atoms with Gasteiger partial charge < -0.3 is 5.32 Å². The SMILES string of the molecule is CCNS(=O)(=O)c1ccc(C)c(C(=O)NCC(C)(C)c2cccc(C(F)(F)F)c2)c1. The van der Waals surface area contributed by atoms with E-state index in [2.05, 4.69) is 10.0 Å². The predicted molar refractivity (Wildman–Crippen MR) is 109 cm³/mol. The highest BCUT2D eigenvalue weighted by Crippen LogP contribution is 2.32. The molecule has 2 aromatic carbocycles. The van der Waals surface area contributed by atoms with Gasteiger partial charge in [-0.05, 0) is 36.2 Å². The minimum atomic E-state index is -4.45. The molecule has 164 valence electrons. The van der Waals surface area contributed by atoms with Gasteiger partial charge in [-0.15, -0.1) is 0 Å². The minimum Gasteiger partial charge on any atom is -0.351 e. The average Bonchev–Trinajstić information content (AvgIpc) is 2.66. The molecule has 0 aliphatic rings. The van der Waals surface area contributed by atoms with Crippen LogP contribution in [-0.2, 0) is 21.6 Å². The van der Waals surface area contributed by atoms with Crippen molar-refractivity contribution in [3.05, 3.63) is 64.7 Å². The average molecular weight is 443 g/mol. The fraction of sp³-hybridized carbons (Fsp3) is 0.381. The van der Waals surface area contributed by atoms with Gasteiger partial charge >= 0.3 is 6.18 Å². The molecule has 0 aliphatic carbocycles. The van der Waals surface area contributed by atoms with Crippen LogP contribution in [0.4, 0.5) is 13.2 Å². The first-order valence-corrected chi connectivity index (χ1v) is 10.8. The van der Waals surface area contributed by atoms with Crippen LogP contribution in [0.5, 0.6) is 0 Å². The monoisotopic (exact) mass is 442 g/mol. The van der Waals surface area contributed by atoms with Gasteiger partial charge in [0.15, 0.2) is 0 Å². The Labute approximate surface area is 174 Å². The quantitative estimate of drug-likeness (QED) is 0.680. The summed E-state index contributed by atoms with van der Waals surface area (Å²) in [6.07, 6.45) is -4.45. The lowest BCUT2D eigenvalue weighted by Crippen LogP contribution is -2.37. The van der Waals surface area contributed by atoms with Gasteiger partial charge in [-0.25, -0.2) is 13.1 Å². The molecule has 9 heteroatoms. The molecular formula is C21H25F3N2O3S. The third-order valence-corrected chi connectivity index (χ3v) is 6.30. The molecule has 0 aromatic heterocycles. The van der Waals surface area contributed by atoms with Gasteiger partial charge in [-0.1, -0.05) is 45.0 Å². The molecule has 0 saturated heterocycles. The maximum absolute atomic E-state index is 13.0. The first-order valence-electron chi connectivity index (χ1n) is 9.34. The van der Waals surface area contributed by atoms with E-state index in [4.69, 9.17) is 0 Å². The zero-order valence-corrected chi connectivity index (χ0v) is 18.0. The number of hydrogen-bond acceptors (Lipinski definition) is 3. The van der Waals surface area contributed by atoms with Gasteiger partial charge in [0, 0.05) is 24.1 Å². The van der Waals surface area contributed by atoms with Gasteiger partial charge in [0.2, 0.25) is 10.0 Å². The summed E-state index contributed by atoms with van der Waals surface area (Å²) in [7, 11) is -3.72. The highest BCUT2D eigenvalue weighted by Gasteiger charge is 2.32. The lowest BCUT2D eigenvalue weighted by atomic mass is 9.83. The molecule has 2 aromatic rings. The van der Waals surface area contributed by atoms with E-state index in [1.54, 1.807) is 33.8 Å². The van der Waals surface area contributed by atoms with Gasteiger partial charge in [-0.3, -0.25) is 4.79 Å². The second-order valence-corrected chi connectivity index (χ2v) is 9.39. The highest BCUT2D eigenvalue weighted by atomic mass is 32.2. The Hall–Kier alpha value is -2.39. The third-order valence-electron chi connectivity index (χ3n) is 4.76. The fourth-order valence-corrected chi connectivity index (χ4v) is 3.97. The maximum Gasteiger partial charge on any atom is 0.416 e. The predicted octanol–water partition coefficient (Wildman–Crippen LogP) is 4.02. The summed E-state index contributed by atoms with van der Waals surface area (Å²) in [6.45, 7) is 7.05. The number of nitrogens with one attached hydrogen (secondary N) is 2. The van der Waals surface area contributed by atoms with Crippen LogP contribution in [0.25, 0.3) is 0 Å². The van der Waals surface area contributed by atoms with Crippen molar-refractivity contribution in [1.82, 2.24) is 10.0 Å². The van der Waals surface area contributed by atoms with Crippen LogP contribution in [0.15, 0.2) is 47.4 Å². The van der Waals surface area contributed by atoms with Crippen molar-refractivity contribution in [2.75, 3.05) is 13.1 Å². The van der Waals surface area contributed by atoms with Crippen LogP contribution in [0.2, 0.25) is 0 Å². The summed E-state index contributed by atoms with van der Waals surface area (Å²) in [5.41, 5.74) is -0.332. The van der Waals surface area contributed by atoms with Crippen LogP contribution < -0.4 is 10.0 Å². The maximum atomic E-state index is 13.0. The molecule has 0 unspecified atom stereocenters. The van der Waals surface area contributed by atoms with E-state index in [1.165, 1.54) is 24.3 Å². The number of hydrogen-bond donors (Lipinski definition) is 2. The van der Waals surface area contributed by atoms with Crippen molar-refractivity contribution in [1.29, 1.82) is 0 Å². The van der Waals surface area contributed by atoms with Crippen LogP contribution in [0.3, 0.4) is 0 Å².